The van der Waals surface area contributed by atoms with E-state index < -0.39 is 0 Å². The van der Waals surface area contributed by atoms with Gasteiger partial charge in [-0.05, 0) is 52.3 Å². The predicted molar refractivity (Wildman–Crippen MR) is 96.5 cm³/mol. The van der Waals surface area contributed by atoms with E-state index in [1.165, 1.54) is 6.07 Å². The summed E-state index contributed by atoms with van der Waals surface area (Å²) in [6.45, 7) is 0.316. The van der Waals surface area contributed by atoms with Gasteiger partial charge in [0.25, 0.3) is 0 Å². The highest BCUT2D eigenvalue weighted by Gasteiger charge is 2.19. The molecule has 3 N–H and O–H groups in total. The molecule has 0 saturated carbocycles. The summed E-state index contributed by atoms with van der Waals surface area (Å²) in [5, 5.41) is 11.7. The fraction of sp³-hybridized carbons (Fsp3) is 0.125. The lowest BCUT2D eigenvalue weighted by molar-refractivity contribution is 0.429. The maximum absolute atomic E-state index is 14.4. The molecule has 3 aromatic rings. The molecule has 2 aromatic carbocycles. The highest BCUT2D eigenvalue weighted by molar-refractivity contribution is 9.10. The third-order valence-corrected chi connectivity index (χ3v) is 5.03. The lowest BCUT2D eigenvalue weighted by Gasteiger charge is -2.08. The van der Waals surface area contributed by atoms with Crippen molar-refractivity contribution in [1.29, 1.82) is 0 Å². The summed E-state index contributed by atoms with van der Waals surface area (Å²) in [6.07, 6.45) is -0.344. The zero-order valence-corrected chi connectivity index (χ0v) is 15.0. The SMILES string of the molecule is Fc1cc2cc(C3NN=NN3)oc2cc1CNc1ccc(Cl)c(Br)c1. The van der Waals surface area contributed by atoms with Gasteiger partial charge in [0.1, 0.15) is 11.4 Å². The quantitative estimate of drug-likeness (QED) is 0.546. The van der Waals surface area contributed by atoms with E-state index in [0.717, 1.165) is 10.2 Å². The number of anilines is 1. The Morgan fingerprint density at radius 3 is 2.76 bits per heavy atom. The summed E-state index contributed by atoms with van der Waals surface area (Å²) in [5.41, 5.74) is 7.43. The van der Waals surface area contributed by atoms with Crippen LogP contribution in [0.15, 0.2) is 55.7 Å². The van der Waals surface area contributed by atoms with E-state index in [0.29, 0.717) is 33.9 Å². The first-order chi connectivity index (χ1) is 12.1. The number of halogens is 3. The first kappa shape index (κ1) is 16.2. The molecule has 0 saturated heterocycles. The van der Waals surface area contributed by atoms with Gasteiger partial charge in [-0.2, -0.15) is 0 Å². The van der Waals surface area contributed by atoms with Crippen molar-refractivity contribution in [2.75, 3.05) is 5.32 Å². The molecule has 128 valence electrons. The van der Waals surface area contributed by atoms with Crippen molar-refractivity contribution in [3.63, 3.8) is 0 Å². The molecule has 1 aromatic heterocycles. The fourth-order valence-electron chi connectivity index (χ4n) is 2.53. The highest BCUT2D eigenvalue weighted by Crippen LogP contribution is 2.28. The van der Waals surface area contributed by atoms with Crippen LogP contribution in [0.4, 0.5) is 10.1 Å². The van der Waals surface area contributed by atoms with Gasteiger partial charge in [0.05, 0.1) is 5.02 Å². The van der Waals surface area contributed by atoms with Gasteiger partial charge in [0, 0.05) is 27.7 Å². The molecule has 1 aliphatic heterocycles. The minimum atomic E-state index is -0.344. The zero-order chi connectivity index (χ0) is 17.4. The fourth-order valence-corrected chi connectivity index (χ4v) is 3.03. The average molecular weight is 425 g/mol. The molecule has 2 heterocycles. The number of hydrogen-bond acceptors (Lipinski definition) is 6. The second kappa shape index (κ2) is 6.53. The molecule has 0 spiro atoms. The van der Waals surface area contributed by atoms with E-state index in [2.05, 4.69) is 42.5 Å². The molecule has 0 radical (unpaired) electrons. The lowest BCUT2D eigenvalue weighted by Crippen LogP contribution is -2.19. The number of nitrogens with zero attached hydrogens (tertiary/aromatic N) is 2. The summed E-state index contributed by atoms with van der Waals surface area (Å²) in [4.78, 5) is 0. The van der Waals surface area contributed by atoms with Crippen molar-refractivity contribution in [2.45, 2.75) is 12.7 Å². The van der Waals surface area contributed by atoms with Crippen molar-refractivity contribution in [2.24, 2.45) is 10.4 Å². The van der Waals surface area contributed by atoms with Gasteiger partial charge in [-0.1, -0.05) is 22.0 Å². The first-order valence-electron chi connectivity index (χ1n) is 7.42. The van der Waals surface area contributed by atoms with Gasteiger partial charge < -0.3 is 9.73 Å². The molecule has 0 bridgehead atoms. The lowest BCUT2D eigenvalue weighted by atomic mass is 10.1. The van der Waals surface area contributed by atoms with E-state index in [-0.39, 0.29) is 12.0 Å². The predicted octanol–water partition coefficient (Wildman–Crippen LogP) is 5.07. The summed E-state index contributed by atoms with van der Waals surface area (Å²) in [7, 11) is 0. The molecule has 25 heavy (non-hydrogen) atoms. The van der Waals surface area contributed by atoms with E-state index in [1.807, 2.05) is 12.1 Å². The Bertz CT molecular complexity index is 969. The van der Waals surface area contributed by atoms with Gasteiger partial charge >= 0.3 is 0 Å². The molecule has 0 amide bonds. The van der Waals surface area contributed by atoms with E-state index in [4.69, 9.17) is 16.0 Å². The number of rotatable bonds is 4. The van der Waals surface area contributed by atoms with Gasteiger partial charge in [0.2, 0.25) is 0 Å². The smallest absolute Gasteiger partial charge is 0.189 e. The largest absolute Gasteiger partial charge is 0.457 e. The highest BCUT2D eigenvalue weighted by atomic mass is 79.9. The second-order valence-electron chi connectivity index (χ2n) is 5.50. The zero-order valence-electron chi connectivity index (χ0n) is 12.7. The minimum Gasteiger partial charge on any atom is -0.457 e. The van der Waals surface area contributed by atoms with Crippen LogP contribution in [0.25, 0.3) is 11.0 Å². The Morgan fingerprint density at radius 2 is 2.00 bits per heavy atom. The number of hydrogen-bond donors (Lipinski definition) is 3. The Balaban J connectivity index is 1.56. The average Bonchev–Trinajstić information content (AvgIpc) is 3.24. The third-order valence-electron chi connectivity index (χ3n) is 3.82. The first-order valence-corrected chi connectivity index (χ1v) is 8.59. The van der Waals surface area contributed by atoms with Crippen molar-refractivity contribution in [3.8, 4) is 0 Å². The normalized spacial score (nSPS) is 13.9. The summed E-state index contributed by atoms with van der Waals surface area (Å²) in [5.74, 6) is 0.285. The molecule has 4 rings (SSSR count). The molecule has 6 nitrogen and oxygen atoms in total. The Hall–Kier alpha value is -2.32. The van der Waals surface area contributed by atoms with Crippen LogP contribution in [0.2, 0.25) is 5.02 Å². The Morgan fingerprint density at radius 1 is 1.20 bits per heavy atom. The van der Waals surface area contributed by atoms with E-state index >= 15 is 0 Å². The Labute approximate surface area is 155 Å². The van der Waals surface area contributed by atoms with Crippen molar-refractivity contribution in [3.05, 3.63) is 63.0 Å². The number of nitrogens with one attached hydrogen (secondary N) is 3. The maximum Gasteiger partial charge on any atom is 0.189 e. The standard InChI is InChI=1S/C16H12BrClFN5O/c17-11-6-10(1-2-12(11)18)20-7-9-5-14-8(3-13(9)19)4-15(25-14)16-21-23-24-22-16/h1-6,16,20H,7H2,(H,21,24)(H,22,23). The molecule has 9 heteroatoms. The molecular weight excluding hydrogens is 413 g/mol. The van der Waals surface area contributed by atoms with Crippen molar-refractivity contribution < 1.29 is 8.81 Å². The molecule has 0 fully saturated rings. The summed E-state index contributed by atoms with van der Waals surface area (Å²) in [6, 6.07) is 10.3. The molecule has 0 aliphatic carbocycles. The van der Waals surface area contributed by atoms with Gasteiger partial charge in [-0.15, -0.1) is 0 Å². The van der Waals surface area contributed by atoms with Crippen LogP contribution in [-0.2, 0) is 6.54 Å². The van der Waals surface area contributed by atoms with Crippen molar-refractivity contribution >= 4 is 44.2 Å². The molecule has 0 unspecified atom stereocenters. The molecule has 0 atom stereocenters. The number of fused-ring (bicyclic) bond motifs is 1. The minimum absolute atomic E-state index is 0.304. The van der Waals surface area contributed by atoms with Crippen LogP contribution >= 0.6 is 27.5 Å². The number of benzene rings is 2. The van der Waals surface area contributed by atoms with Crippen LogP contribution in [-0.4, -0.2) is 0 Å². The number of furan rings is 1. The topological polar surface area (TPSA) is 74.0 Å². The monoisotopic (exact) mass is 423 g/mol. The van der Waals surface area contributed by atoms with Crippen LogP contribution in [0.5, 0.6) is 0 Å². The van der Waals surface area contributed by atoms with E-state index in [1.54, 1.807) is 18.2 Å². The van der Waals surface area contributed by atoms with Crippen molar-refractivity contribution in [1.82, 2.24) is 10.9 Å². The second-order valence-corrected chi connectivity index (χ2v) is 6.77. The Kier molecular flexibility index (Phi) is 4.22. The van der Waals surface area contributed by atoms with Crippen LogP contribution in [0, 0.1) is 5.82 Å². The van der Waals surface area contributed by atoms with Gasteiger partial charge in [-0.3, -0.25) is 10.9 Å². The molecular formula is C16H12BrClFN5O. The van der Waals surface area contributed by atoms with Gasteiger partial charge in [0.15, 0.2) is 11.9 Å². The van der Waals surface area contributed by atoms with Crippen LogP contribution in [0.1, 0.15) is 17.5 Å². The third kappa shape index (κ3) is 3.27. The molecule has 1 aliphatic rings. The summed E-state index contributed by atoms with van der Waals surface area (Å²) < 4.78 is 20.9. The summed E-state index contributed by atoms with van der Waals surface area (Å²) >= 11 is 9.34. The van der Waals surface area contributed by atoms with Crippen LogP contribution < -0.4 is 16.2 Å². The van der Waals surface area contributed by atoms with Gasteiger partial charge in [-0.25, -0.2) is 4.39 Å². The maximum atomic E-state index is 14.4. The van der Waals surface area contributed by atoms with E-state index in [9.17, 15) is 4.39 Å². The van der Waals surface area contributed by atoms with Crippen LogP contribution in [0.3, 0.4) is 0 Å².